The molecule has 1 unspecified atom stereocenters. The van der Waals surface area contributed by atoms with Crippen LogP contribution in [0.4, 0.5) is 8.78 Å². The molecule has 0 heterocycles. The number of benzene rings is 1. The Bertz CT molecular complexity index is 428. The van der Waals surface area contributed by atoms with E-state index in [9.17, 15) is 13.9 Å². The summed E-state index contributed by atoms with van der Waals surface area (Å²) in [5.74, 6) is -1.68. The fraction of sp³-hybridized carbons (Fsp3) is 0.571. The van der Waals surface area contributed by atoms with Crippen molar-refractivity contribution in [1.29, 1.82) is 0 Å². The van der Waals surface area contributed by atoms with Crippen molar-refractivity contribution in [3.63, 3.8) is 0 Å². The summed E-state index contributed by atoms with van der Waals surface area (Å²) in [4.78, 5) is 0. The van der Waals surface area contributed by atoms with Crippen molar-refractivity contribution in [3.05, 3.63) is 35.4 Å². The highest BCUT2D eigenvalue weighted by Crippen LogP contribution is 2.44. The van der Waals surface area contributed by atoms with Crippen molar-refractivity contribution in [2.45, 2.75) is 45.1 Å². The van der Waals surface area contributed by atoms with Crippen LogP contribution >= 0.6 is 0 Å². The van der Waals surface area contributed by atoms with E-state index in [1.807, 2.05) is 0 Å². The SMILES string of the molecule is CC1(C)CCC(O)(Cc2ccc(F)c(F)c2)C1. The Kier molecular flexibility index (Phi) is 2.98. The molecule has 0 amide bonds. The van der Waals surface area contributed by atoms with Gasteiger partial charge in [-0.15, -0.1) is 0 Å². The van der Waals surface area contributed by atoms with Crippen LogP contribution in [0.1, 0.15) is 38.7 Å². The van der Waals surface area contributed by atoms with Gasteiger partial charge in [-0.2, -0.15) is 0 Å². The molecule has 17 heavy (non-hydrogen) atoms. The van der Waals surface area contributed by atoms with Gasteiger partial charge < -0.3 is 5.11 Å². The van der Waals surface area contributed by atoms with E-state index >= 15 is 0 Å². The molecule has 1 atom stereocenters. The minimum atomic E-state index is -0.844. The summed E-state index contributed by atoms with van der Waals surface area (Å²) in [5, 5.41) is 10.4. The van der Waals surface area contributed by atoms with Crippen LogP contribution in [0.5, 0.6) is 0 Å². The highest BCUT2D eigenvalue weighted by atomic mass is 19.2. The summed E-state index contributed by atoms with van der Waals surface area (Å²) < 4.78 is 25.9. The third-order valence-corrected chi connectivity index (χ3v) is 3.59. The lowest BCUT2D eigenvalue weighted by atomic mass is 9.86. The van der Waals surface area contributed by atoms with Gasteiger partial charge in [0.2, 0.25) is 0 Å². The third-order valence-electron chi connectivity index (χ3n) is 3.59. The Morgan fingerprint density at radius 2 is 1.88 bits per heavy atom. The molecule has 0 saturated heterocycles. The lowest BCUT2D eigenvalue weighted by Crippen LogP contribution is -2.29. The van der Waals surface area contributed by atoms with E-state index in [4.69, 9.17) is 0 Å². The van der Waals surface area contributed by atoms with E-state index in [0.717, 1.165) is 18.9 Å². The maximum Gasteiger partial charge on any atom is 0.159 e. The normalized spacial score (nSPS) is 27.4. The molecule has 1 N–H and O–H groups in total. The van der Waals surface area contributed by atoms with Crippen LogP contribution in [0.25, 0.3) is 0 Å². The second-order valence-electron chi connectivity index (χ2n) is 5.99. The average Bonchev–Trinajstić information content (AvgIpc) is 2.47. The molecule has 1 aromatic carbocycles. The largest absolute Gasteiger partial charge is 0.390 e. The first-order valence-corrected chi connectivity index (χ1v) is 5.96. The smallest absolute Gasteiger partial charge is 0.159 e. The molecule has 0 bridgehead atoms. The van der Waals surface area contributed by atoms with Crippen molar-refractivity contribution in [3.8, 4) is 0 Å². The van der Waals surface area contributed by atoms with Crippen molar-refractivity contribution in [2.75, 3.05) is 0 Å². The van der Waals surface area contributed by atoms with Crippen LogP contribution in [-0.4, -0.2) is 10.7 Å². The number of rotatable bonds is 2. The van der Waals surface area contributed by atoms with Crippen molar-refractivity contribution in [1.82, 2.24) is 0 Å². The number of hydrogen-bond acceptors (Lipinski definition) is 1. The Morgan fingerprint density at radius 1 is 1.18 bits per heavy atom. The Morgan fingerprint density at radius 3 is 2.41 bits per heavy atom. The van der Waals surface area contributed by atoms with Gasteiger partial charge in [-0.25, -0.2) is 8.78 Å². The van der Waals surface area contributed by atoms with E-state index in [1.165, 1.54) is 6.07 Å². The number of aliphatic hydroxyl groups is 1. The molecule has 0 aromatic heterocycles. The standard InChI is InChI=1S/C14H18F2O/c1-13(2)5-6-14(17,9-13)8-10-3-4-11(15)12(16)7-10/h3-4,7,17H,5-6,8-9H2,1-2H3. The molecule has 3 heteroatoms. The number of hydrogen-bond donors (Lipinski definition) is 1. The summed E-state index contributed by atoms with van der Waals surface area (Å²) >= 11 is 0. The Labute approximate surface area is 100 Å². The van der Waals surface area contributed by atoms with E-state index < -0.39 is 17.2 Å². The quantitative estimate of drug-likeness (QED) is 0.839. The average molecular weight is 240 g/mol. The van der Waals surface area contributed by atoms with Crippen LogP contribution in [-0.2, 0) is 6.42 Å². The summed E-state index contributed by atoms with van der Waals surface area (Å²) in [6, 6.07) is 3.84. The molecule has 1 fully saturated rings. The first-order valence-electron chi connectivity index (χ1n) is 5.96. The fourth-order valence-electron chi connectivity index (χ4n) is 2.82. The fourth-order valence-corrected chi connectivity index (χ4v) is 2.82. The molecule has 1 aliphatic rings. The van der Waals surface area contributed by atoms with Crippen LogP contribution in [0.3, 0.4) is 0 Å². The zero-order valence-corrected chi connectivity index (χ0v) is 10.3. The molecule has 0 aliphatic heterocycles. The Balaban J connectivity index is 2.13. The molecule has 1 aromatic rings. The van der Waals surface area contributed by atoms with Crippen LogP contribution in [0, 0.1) is 17.0 Å². The molecule has 0 spiro atoms. The van der Waals surface area contributed by atoms with Gasteiger partial charge in [0.05, 0.1) is 5.60 Å². The van der Waals surface area contributed by atoms with Gasteiger partial charge in [-0.1, -0.05) is 19.9 Å². The van der Waals surface area contributed by atoms with Crippen LogP contribution in [0.2, 0.25) is 0 Å². The second kappa shape index (κ2) is 4.05. The minimum Gasteiger partial charge on any atom is -0.390 e. The van der Waals surface area contributed by atoms with Gasteiger partial charge in [0.1, 0.15) is 0 Å². The number of halogens is 2. The van der Waals surface area contributed by atoms with Crippen molar-refractivity contribution < 1.29 is 13.9 Å². The van der Waals surface area contributed by atoms with E-state index in [1.54, 1.807) is 6.07 Å². The Hall–Kier alpha value is -0.960. The monoisotopic (exact) mass is 240 g/mol. The van der Waals surface area contributed by atoms with E-state index in [2.05, 4.69) is 13.8 Å². The lowest BCUT2D eigenvalue weighted by molar-refractivity contribution is 0.0378. The summed E-state index contributed by atoms with van der Waals surface area (Å²) in [5.41, 5.74) is 0.0188. The topological polar surface area (TPSA) is 20.2 Å². The molecular weight excluding hydrogens is 222 g/mol. The van der Waals surface area contributed by atoms with Crippen molar-refractivity contribution >= 4 is 0 Å². The van der Waals surface area contributed by atoms with Crippen LogP contribution < -0.4 is 0 Å². The minimum absolute atomic E-state index is 0.132. The summed E-state index contributed by atoms with van der Waals surface area (Å²) in [6.07, 6.45) is 2.79. The van der Waals surface area contributed by atoms with Gasteiger partial charge in [-0.3, -0.25) is 0 Å². The predicted octanol–water partition coefficient (Wildman–Crippen LogP) is 3.45. The van der Waals surface area contributed by atoms with Gasteiger partial charge in [0.25, 0.3) is 0 Å². The molecular formula is C14H18F2O. The van der Waals surface area contributed by atoms with Gasteiger partial charge >= 0.3 is 0 Å². The summed E-state index contributed by atoms with van der Waals surface area (Å²) in [6.45, 7) is 4.24. The third kappa shape index (κ3) is 2.83. The molecule has 94 valence electrons. The van der Waals surface area contributed by atoms with Gasteiger partial charge in [-0.05, 0) is 42.4 Å². The lowest BCUT2D eigenvalue weighted by Gasteiger charge is -2.25. The highest BCUT2D eigenvalue weighted by Gasteiger charge is 2.41. The highest BCUT2D eigenvalue weighted by molar-refractivity contribution is 5.20. The molecule has 2 rings (SSSR count). The van der Waals surface area contributed by atoms with Crippen molar-refractivity contribution in [2.24, 2.45) is 5.41 Å². The second-order valence-corrected chi connectivity index (χ2v) is 5.99. The van der Waals surface area contributed by atoms with Gasteiger partial charge in [0.15, 0.2) is 11.6 Å². The molecule has 0 radical (unpaired) electrons. The molecule has 1 nitrogen and oxygen atoms in total. The van der Waals surface area contributed by atoms with Crippen LogP contribution in [0.15, 0.2) is 18.2 Å². The van der Waals surface area contributed by atoms with Gasteiger partial charge in [0, 0.05) is 6.42 Å². The first-order chi connectivity index (χ1) is 7.80. The zero-order chi connectivity index (χ0) is 12.7. The predicted molar refractivity (Wildman–Crippen MR) is 62.6 cm³/mol. The maximum absolute atomic E-state index is 13.1. The first kappa shape index (κ1) is 12.5. The molecule has 1 saturated carbocycles. The summed E-state index contributed by atoms with van der Waals surface area (Å²) in [7, 11) is 0. The molecule has 1 aliphatic carbocycles. The maximum atomic E-state index is 13.1. The zero-order valence-electron chi connectivity index (χ0n) is 10.3. The van der Waals surface area contributed by atoms with E-state index in [-0.39, 0.29) is 5.41 Å². The van der Waals surface area contributed by atoms with E-state index in [0.29, 0.717) is 18.4 Å².